The van der Waals surface area contributed by atoms with Crippen molar-refractivity contribution in [3.63, 3.8) is 0 Å². The highest BCUT2D eigenvalue weighted by Gasteiger charge is 2.22. The fraction of sp³-hybridized carbons (Fsp3) is 0.231. The monoisotopic (exact) mass is 331 g/mol. The maximum Gasteiger partial charge on any atom is 0.387 e. The molecule has 3 nitrogen and oxygen atoms in total. The van der Waals surface area contributed by atoms with E-state index >= 15 is 0 Å². The summed E-state index contributed by atoms with van der Waals surface area (Å²) < 4.78 is 35.5. The Morgan fingerprint density at radius 3 is 2.58 bits per heavy atom. The van der Waals surface area contributed by atoms with Crippen LogP contribution in [0.3, 0.4) is 0 Å². The fourth-order valence-corrected chi connectivity index (χ4v) is 2.29. The molecule has 0 amide bonds. The normalized spacial score (nSPS) is 12.7. The van der Waals surface area contributed by atoms with E-state index in [1.54, 1.807) is 31.3 Å². The smallest absolute Gasteiger partial charge is 0.387 e. The largest absolute Gasteiger partial charge is 0.466 e. The summed E-state index contributed by atoms with van der Waals surface area (Å²) in [5.41, 5.74) is 0.584. The minimum atomic E-state index is -2.86. The minimum Gasteiger partial charge on any atom is -0.466 e. The second kappa shape index (κ2) is 6.16. The predicted octanol–water partition coefficient (Wildman–Crippen LogP) is 3.95. The predicted molar refractivity (Wildman–Crippen MR) is 70.4 cm³/mol. The van der Waals surface area contributed by atoms with Crippen LogP contribution in [0.2, 0.25) is 0 Å². The maximum atomic E-state index is 12.4. The molecule has 0 radical (unpaired) electrons. The molecule has 1 N–H and O–H groups in total. The van der Waals surface area contributed by atoms with E-state index in [1.165, 1.54) is 12.3 Å². The number of benzene rings is 1. The first-order chi connectivity index (χ1) is 9.13. The van der Waals surface area contributed by atoms with E-state index in [9.17, 15) is 8.78 Å². The summed E-state index contributed by atoms with van der Waals surface area (Å²) in [5.74, 6) is 0.730. The molecule has 0 aliphatic rings. The molecule has 2 aromatic rings. The van der Waals surface area contributed by atoms with Crippen LogP contribution in [0, 0.1) is 0 Å². The molecule has 19 heavy (non-hydrogen) atoms. The molecule has 102 valence electrons. The van der Waals surface area contributed by atoms with Crippen LogP contribution in [-0.4, -0.2) is 13.7 Å². The van der Waals surface area contributed by atoms with Crippen molar-refractivity contribution in [3.05, 3.63) is 52.4 Å². The Labute approximate surface area is 117 Å². The van der Waals surface area contributed by atoms with Crippen molar-refractivity contribution in [1.29, 1.82) is 0 Å². The van der Waals surface area contributed by atoms with Gasteiger partial charge in [0.1, 0.15) is 11.5 Å². The lowest BCUT2D eigenvalue weighted by Gasteiger charge is -2.18. The van der Waals surface area contributed by atoms with Gasteiger partial charge in [-0.1, -0.05) is 18.2 Å². The zero-order chi connectivity index (χ0) is 13.8. The van der Waals surface area contributed by atoms with Gasteiger partial charge in [0.05, 0.1) is 16.8 Å². The number of alkyl halides is 2. The average molecular weight is 332 g/mol. The van der Waals surface area contributed by atoms with Crippen LogP contribution in [0.1, 0.15) is 17.4 Å². The van der Waals surface area contributed by atoms with Crippen LogP contribution >= 0.6 is 15.9 Å². The first kappa shape index (κ1) is 14.0. The van der Waals surface area contributed by atoms with E-state index in [0.717, 1.165) is 4.47 Å². The van der Waals surface area contributed by atoms with E-state index in [0.29, 0.717) is 11.3 Å². The van der Waals surface area contributed by atoms with Gasteiger partial charge in [0.25, 0.3) is 0 Å². The summed E-state index contributed by atoms with van der Waals surface area (Å²) in [5, 5.41) is 3.03. The molecular weight excluding hydrogens is 320 g/mol. The quantitative estimate of drug-likeness (QED) is 0.900. The third-order valence-corrected chi connectivity index (χ3v) is 3.30. The number of para-hydroxylation sites is 1. The summed E-state index contributed by atoms with van der Waals surface area (Å²) in [6, 6.07) is 7.99. The summed E-state index contributed by atoms with van der Waals surface area (Å²) >= 11 is 3.36. The highest BCUT2D eigenvalue weighted by atomic mass is 79.9. The van der Waals surface area contributed by atoms with Crippen LogP contribution in [-0.2, 0) is 0 Å². The lowest BCUT2D eigenvalue weighted by Crippen LogP contribution is -2.19. The van der Waals surface area contributed by atoms with Crippen molar-refractivity contribution in [2.45, 2.75) is 12.7 Å². The molecule has 1 heterocycles. The Morgan fingerprint density at radius 2 is 2.00 bits per heavy atom. The fourth-order valence-electron chi connectivity index (χ4n) is 1.86. The Morgan fingerprint density at radius 1 is 1.26 bits per heavy atom. The summed E-state index contributed by atoms with van der Waals surface area (Å²) in [4.78, 5) is 0. The van der Waals surface area contributed by atoms with Gasteiger partial charge in [0.2, 0.25) is 0 Å². The standard InChI is InChI=1S/C13H12BrF2NO2/c1-17-11(12-9(14)6-7-18-12)8-4-2-3-5-10(8)19-13(15)16/h2-7,11,13,17H,1H3. The lowest BCUT2D eigenvalue weighted by molar-refractivity contribution is -0.0506. The van der Waals surface area contributed by atoms with Gasteiger partial charge in [-0.15, -0.1) is 0 Å². The average Bonchev–Trinajstić information content (AvgIpc) is 2.78. The van der Waals surface area contributed by atoms with Crippen molar-refractivity contribution in [1.82, 2.24) is 5.32 Å². The van der Waals surface area contributed by atoms with Gasteiger partial charge in [-0.2, -0.15) is 8.78 Å². The summed E-state index contributed by atoms with van der Waals surface area (Å²) in [7, 11) is 1.72. The molecule has 1 aromatic carbocycles. The van der Waals surface area contributed by atoms with E-state index in [4.69, 9.17) is 4.42 Å². The molecule has 0 bridgehead atoms. The highest BCUT2D eigenvalue weighted by Crippen LogP contribution is 2.34. The number of hydrogen-bond acceptors (Lipinski definition) is 3. The second-order valence-electron chi connectivity index (χ2n) is 3.77. The summed E-state index contributed by atoms with van der Waals surface area (Å²) in [6.45, 7) is -2.86. The number of halogens is 3. The Kier molecular flexibility index (Phi) is 4.55. The Balaban J connectivity index is 2.41. The number of ether oxygens (including phenoxy) is 1. The molecule has 0 fully saturated rings. The Hall–Kier alpha value is -1.40. The number of hydrogen-bond donors (Lipinski definition) is 1. The molecule has 6 heteroatoms. The zero-order valence-electron chi connectivity index (χ0n) is 10.1. The van der Waals surface area contributed by atoms with Gasteiger partial charge in [-0.25, -0.2) is 0 Å². The van der Waals surface area contributed by atoms with Crippen LogP contribution in [0.5, 0.6) is 5.75 Å². The number of nitrogens with one attached hydrogen (secondary N) is 1. The maximum absolute atomic E-state index is 12.4. The van der Waals surface area contributed by atoms with Crippen LogP contribution in [0.25, 0.3) is 0 Å². The summed E-state index contributed by atoms with van der Waals surface area (Å²) in [6.07, 6.45) is 1.53. The molecule has 2 rings (SSSR count). The topological polar surface area (TPSA) is 34.4 Å². The SMILES string of the molecule is CNC(c1ccccc1OC(F)F)c1occc1Br. The number of rotatable bonds is 5. The van der Waals surface area contributed by atoms with Crippen LogP contribution in [0.4, 0.5) is 8.78 Å². The van der Waals surface area contributed by atoms with E-state index in [1.807, 2.05) is 0 Å². The van der Waals surface area contributed by atoms with Gasteiger partial charge in [-0.3, -0.25) is 0 Å². The van der Waals surface area contributed by atoms with Crippen molar-refractivity contribution < 1.29 is 17.9 Å². The lowest BCUT2D eigenvalue weighted by atomic mass is 10.0. The first-order valence-corrected chi connectivity index (χ1v) is 6.36. The highest BCUT2D eigenvalue weighted by molar-refractivity contribution is 9.10. The minimum absolute atomic E-state index is 0.125. The van der Waals surface area contributed by atoms with Gasteiger partial charge in [-0.05, 0) is 35.1 Å². The molecule has 1 atom stereocenters. The van der Waals surface area contributed by atoms with Crippen molar-refractivity contribution in [3.8, 4) is 5.75 Å². The van der Waals surface area contributed by atoms with Crippen molar-refractivity contribution >= 4 is 15.9 Å². The zero-order valence-corrected chi connectivity index (χ0v) is 11.7. The molecule has 0 saturated carbocycles. The van der Waals surface area contributed by atoms with Gasteiger partial charge in [0.15, 0.2) is 0 Å². The van der Waals surface area contributed by atoms with Gasteiger partial charge >= 0.3 is 6.61 Å². The molecule has 1 aromatic heterocycles. The van der Waals surface area contributed by atoms with Crippen molar-refractivity contribution in [2.75, 3.05) is 7.05 Å². The first-order valence-electron chi connectivity index (χ1n) is 5.57. The van der Waals surface area contributed by atoms with E-state index in [2.05, 4.69) is 26.0 Å². The number of furan rings is 1. The van der Waals surface area contributed by atoms with E-state index in [-0.39, 0.29) is 11.8 Å². The second-order valence-corrected chi connectivity index (χ2v) is 4.63. The molecule has 0 aliphatic carbocycles. The molecule has 0 saturated heterocycles. The van der Waals surface area contributed by atoms with Gasteiger partial charge in [0, 0.05) is 5.56 Å². The molecular formula is C13H12BrF2NO2. The molecule has 0 aliphatic heterocycles. The van der Waals surface area contributed by atoms with Crippen molar-refractivity contribution in [2.24, 2.45) is 0 Å². The van der Waals surface area contributed by atoms with E-state index < -0.39 is 6.61 Å². The Bertz CT molecular complexity index is 545. The third kappa shape index (κ3) is 3.13. The molecule has 0 spiro atoms. The van der Waals surface area contributed by atoms with Crippen LogP contribution < -0.4 is 10.1 Å². The van der Waals surface area contributed by atoms with Crippen LogP contribution in [0.15, 0.2) is 45.5 Å². The van der Waals surface area contributed by atoms with Gasteiger partial charge < -0.3 is 14.5 Å². The molecule has 1 unspecified atom stereocenters. The third-order valence-electron chi connectivity index (χ3n) is 2.64.